The monoisotopic (exact) mass is 405 g/mol. The van der Waals surface area contributed by atoms with E-state index >= 15 is 0 Å². The van der Waals surface area contributed by atoms with Crippen LogP contribution >= 0.6 is 0 Å². The number of aromatic hydroxyl groups is 1. The quantitative estimate of drug-likeness (QED) is 0.667. The fourth-order valence-electron chi connectivity index (χ4n) is 3.78. The maximum atomic E-state index is 13.1. The highest BCUT2D eigenvalue weighted by molar-refractivity contribution is 5.68. The van der Waals surface area contributed by atoms with Crippen LogP contribution in [0.25, 0.3) is 11.4 Å². The Morgan fingerprint density at radius 1 is 1.21 bits per heavy atom. The molecule has 4 N–H and O–H groups in total. The number of hydrogen-bond acceptors (Lipinski definition) is 6. The van der Waals surface area contributed by atoms with Crippen molar-refractivity contribution in [2.45, 2.75) is 50.2 Å². The summed E-state index contributed by atoms with van der Waals surface area (Å²) in [5.74, 6) is -0.655. The van der Waals surface area contributed by atoms with Gasteiger partial charge in [0.15, 0.2) is 5.82 Å². The van der Waals surface area contributed by atoms with E-state index in [0.29, 0.717) is 11.7 Å². The Morgan fingerprint density at radius 2 is 1.97 bits per heavy atom. The molecule has 0 bridgehead atoms. The molecule has 2 atom stereocenters. The van der Waals surface area contributed by atoms with Crippen LogP contribution in [0, 0.1) is 11.3 Å². The van der Waals surface area contributed by atoms with Gasteiger partial charge in [-0.05, 0) is 50.9 Å². The number of halogens is 3. The Morgan fingerprint density at radius 3 is 2.62 bits per heavy atom. The van der Waals surface area contributed by atoms with E-state index < -0.39 is 11.7 Å². The summed E-state index contributed by atoms with van der Waals surface area (Å²) in [6, 6.07) is 4.94. The molecule has 0 aliphatic heterocycles. The van der Waals surface area contributed by atoms with Crippen molar-refractivity contribution >= 4 is 5.82 Å². The van der Waals surface area contributed by atoms with Crippen LogP contribution in [-0.4, -0.2) is 28.2 Å². The van der Waals surface area contributed by atoms with Crippen molar-refractivity contribution in [1.82, 2.24) is 15.3 Å². The van der Waals surface area contributed by atoms with E-state index in [1.54, 1.807) is 0 Å². The average molecular weight is 405 g/mol. The molecule has 0 spiro atoms. The summed E-state index contributed by atoms with van der Waals surface area (Å²) < 4.78 is 39.3. The fourth-order valence-corrected chi connectivity index (χ4v) is 3.78. The van der Waals surface area contributed by atoms with Gasteiger partial charge >= 0.3 is 6.18 Å². The number of aromatic nitrogens is 2. The highest BCUT2D eigenvalue weighted by Gasteiger charge is 2.32. The summed E-state index contributed by atoms with van der Waals surface area (Å²) in [5.41, 5.74) is 5.44. The van der Waals surface area contributed by atoms with Crippen molar-refractivity contribution in [2.24, 2.45) is 0 Å². The minimum atomic E-state index is -4.58. The Balaban J connectivity index is 2.08. The Bertz CT molecular complexity index is 939. The second-order valence-corrected chi connectivity index (χ2v) is 7.22. The Hall–Kier alpha value is -2.86. The summed E-state index contributed by atoms with van der Waals surface area (Å²) >= 11 is 0. The molecule has 154 valence electrons. The number of anilines is 1. The van der Waals surface area contributed by atoms with Crippen molar-refractivity contribution in [3.05, 3.63) is 35.0 Å². The van der Waals surface area contributed by atoms with Gasteiger partial charge in [-0.25, -0.2) is 9.97 Å². The molecule has 1 aliphatic carbocycles. The average Bonchev–Trinajstić information content (AvgIpc) is 2.92. The lowest BCUT2D eigenvalue weighted by Crippen LogP contribution is -2.23. The fraction of sp³-hybridized carbons (Fsp3) is 0.450. The molecule has 0 saturated heterocycles. The molecule has 1 aromatic carbocycles. The molecular formula is C20H22F3N5O. The van der Waals surface area contributed by atoms with Crippen LogP contribution in [0.4, 0.5) is 19.0 Å². The van der Waals surface area contributed by atoms with Crippen LogP contribution in [0.3, 0.4) is 0 Å². The first-order valence-electron chi connectivity index (χ1n) is 9.40. The molecule has 0 radical (unpaired) electrons. The predicted molar refractivity (Wildman–Crippen MR) is 102 cm³/mol. The molecule has 29 heavy (non-hydrogen) atoms. The van der Waals surface area contributed by atoms with E-state index in [2.05, 4.69) is 15.3 Å². The molecule has 3 rings (SSSR count). The van der Waals surface area contributed by atoms with E-state index in [1.807, 2.05) is 13.1 Å². The van der Waals surface area contributed by atoms with Crippen LogP contribution in [0.1, 0.15) is 54.8 Å². The number of rotatable bonds is 3. The third-order valence-electron chi connectivity index (χ3n) is 5.41. The molecule has 0 amide bonds. The normalized spacial score (nSPS) is 20.1. The number of alkyl halides is 3. The first kappa shape index (κ1) is 20.9. The van der Waals surface area contributed by atoms with Gasteiger partial charge in [0.05, 0.1) is 16.8 Å². The Kier molecular flexibility index (Phi) is 5.94. The molecule has 2 unspecified atom stereocenters. The van der Waals surface area contributed by atoms with Gasteiger partial charge in [-0.1, -0.05) is 6.42 Å². The zero-order valence-corrected chi connectivity index (χ0v) is 15.9. The van der Waals surface area contributed by atoms with Gasteiger partial charge < -0.3 is 16.2 Å². The summed E-state index contributed by atoms with van der Waals surface area (Å²) in [5, 5.41) is 22.9. The molecule has 6 nitrogen and oxygen atoms in total. The van der Waals surface area contributed by atoms with Crippen molar-refractivity contribution in [2.75, 3.05) is 12.8 Å². The first-order chi connectivity index (χ1) is 13.7. The number of nitriles is 1. The molecular weight excluding hydrogens is 383 g/mol. The largest absolute Gasteiger partial charge is 0.507 e. The minimum absolute atomic E-state index is 0.0556. The number of benzene rings is 1. The number of nitrogens with two attached hydrogens (primary N) is 1. The van der Waals surface area contributed by atoms with Crippen molar-refractivity contribution in [3.63, 3.8) is 0 Å². The van der Waals surface area contributed by atoms with E-state index in [9.17, 15) is 23.5 Å². The third-order valence-corrected chi connectivity index (χ3v) is 5.41. The van der Waals surface area contributed by atoms with Gasteiger partial charge in [-0.15, -0.1) is 0 Å². The van der Waals surface area contributed by atoms with E-state index in [0.717, 1.165) is 50.3 Å². The van der Waals surface area contributed by atoms with E-state index in [1.165, 1.54) is 0 Å². The number of phenolic OH excluding ortho intramolecular Hbond substituents is 1. The summed E-state index contributed by atoms with van der Waals surface area (Å²) in [6.07, 6.45) is -0.208. The molecule has 1 heterocycles. The van der Waals surface area contributed by atoms with Crippen LogP contribution in [0.2, 0.25) is 0 Å². The van der Waals surface area contributed by atoms with Crippen LogP contribution in [0.15, 0.2) is 18.2 Å². The summed E-state index contributed by atoms with van der Waals surface area (Å²) in [6.45, 7) is 0. The maximum Gasteiger partial charge on any atom is 0.416 e. The zero-order valence-electron chi connectivity index (χ0n) is 15.9. The lowest BCUT2D eigenvalue weighted by molar-refractivity contribution is -0.137. The number of nitrogens with zero attached hydrogens (tertiary/aromatic N) is 3. The smallest absolute Gasteiger partial charge is 0.416 e. The predicted octanol–water partition coefficient (Wildman–Crippen LogP) is 3.96. The SMILES string of the molecule is CNC1CCCC(c2nc(-c3cc(C(F)(F)F)ccc3O)nc(N)c2C#N)CC1. The molecule has 1 saturated carbocycles. The highest BCUT2D eigenvalue weighted by Crippen LogP contribution is 2.38. The van der Waals surface area contributed by atoms with Crippen molar-refractivity contribution in [1.29, 1.82) is 5.26 Å². The lowest BCUT2D eigenvalue weighted by Gasteiger charge is -2.18. The molecule has 9 heteroatoms. The van der Waals surface area contributed by atoms with Crippen LogP contribution in [0.5, 0.6) is 5.75 Å². The number of nitrogens with one attached hydrogen (secondary N) is 1. The molecule has 1 aromatic heterocycles. The highest BCUT2D eigenvalue weighted by atomic mass is 19.4. The van der Waals surface area contributed by atoms with Gasteiger partial charge in [-0.2, -0.15) is 18.4 Å². The molecule has 2 aromatic rings. The number of nitrogen functional groups attached to an aromatic ring is 1. The van der Waals surface area contributed by atoms with Crippen molar-refractivity contribution < 1.29 is 18.3 Å². The Labute approximate surface area is 166 Å². The number of phenols is 1. The van der Waals surface area contributed by atoms with Gasteiger partial charge in [0.2, 0.25) is 0 Å². The van der Waals surface area contributed by atoms with Gasteiger partial charge in [0, 0.05) is 12.0 Å². The van der Waals surface area contributed by atoms with Gasteiger partial charge in [-0.3, -0.25) is 0 Å². The van der Waals surface area contributed by atoms with Crippen LogP contribution in [-0.2, 0) is 6.18 Å². The van der Waals surface area contributed by atoms with E-state index in [4.69, 9.17) is 5.73 Å². The molecule has 1 aliphatic rings. The van der Waals surface area contributed by atoms with Gasteiger partial charge in [0.25, 0.3) is 0 Å². The number of hydrogen-bond donors (Lipinski definition) is 3. The molecule has 1 fully saturated rings. The van der Waals surface area contributed by atoms with Crippen molar-refractivity contribution in [3.8, 4) is 23.2 Å². The van der Waals surface area contributed by atoms with E-state index in [-0.39, 0.29) is 34.4 Å². The standard InChI is InChI=1S/C20H22F3N5O/c1-26-13-4-2-3-11(5-7-13)17-15(10-24)18(25)28-19(27-17)14-9-12(20(21,22)23)6-8-16(14)29/h6,8-9,11,13,26,29H,2-5,7H2,1H3,(H2,25,27,28). The topological polar surface area (TPSA) is 108 Å². The maximum absolute atomic E-state index is 13.1. The summed E-state index contributed by atoms with van der Waals surface area (Å²) in [4.78, 5) is 8.43. The van der Waals surface area contributed by atoms with Crippen LogP contribution < -0.4 is 11.1 Å². The van der Waals surface area contributed by atoms with Gasteiger partial charge in [0.1, 0.15) is 23.2 Å². The second kappa shape index (κ2) is 8.25. The zero-order chi connectivity index (χ0) is 21.2. The summed E-state index contributed by atoms with van der Waals surface area (Å²) in [7, 11) is 1.91. The minimum Gasteiger partial charge on any atom is -0.507 e. The lowest BCUT2D eigenvalue weighted by atomic mass is 9.93. The third kappa shape index (κ3) is 4.43. The second-order valence-electron chi connectivity index (χ2n) is 7.22. The first-order valence-corrected chi connectivity index (χ1v) is 9.40.